The molecule has 1 unspecified atom stereocenters. The van der Waals surface area contributed by atoms with Gasteiger partial charge in [-0.2, -0.15) is 4.39 Å². The summed E-state index contributed by atoms with van der Waals surface area (Å²) in [4.78, 5) is 20.3. The number of nitrogens with two attached hydrogens (primary N) is 1. The molecule has 7 nitrogen and oxygen atoms in total. The van der Waals surface area contributed by atoms with Gasteiger partial charge in [0.25, 0.3) is 5.91 Å². The van der Waals surface area contributed by atoms with Gasteiger partial charge in [-0.1, -0.05) is 39.8 Å². The average Bonchev–Trinajstić information content (AvgIpc) is 2.55. The molecule has 0 spiro atoms. The van der Waals surface area contributed by atoms with Crippen molar-refractivity contribution in [3.05, 3.63) is 24.2 Å². The van der Waals surface area contributed by atoms with Gasteiger partial charge in [0, 0.05) is 19.4 Å². The van der Waals surface area contributed by atoms with Crippen LogP contribution in [0.5, 0.6) is 0 Å². The molecule has 0 aliphatic heterocycles. The van der Waals surface area contributed by atoms with Gasteiger partial charge in [-0.25, -0.2) is 0 Å². The Balaban J connectivity index is 4.11. The third kappa shape index (κ3) is 13.6. The standard InChI is InChI=1S/C20H38FN2O5P/c1-16(2)19(3,4)15-20(5,6)27-11-9-12-28-29(25,26)13-8-7-10-23-14-17(21)18(22)24/h7-8,14,16,23H,9-13,15H2,1-6H3,(H2,22,24)(H,25,26)/b8-7+,17-14+. The maximum absolute atomic E-state index is 12.8. The molecular weight excluding hydrogens is 398 g/mol. The Labute approximate surface area is 174 Å². The molecule has 0 aromatic heterocycles. The van der Waals surface area contributed by atoms with Gasteiger partial charge in [0.1, 0.15) is 0 Å². The van der Waals surface area contributed by atoms with Crippen LogP contribution in [-0.4, -0.2) is 42.3 Å². The summed E-state index contributed by atoms with van der Waals surface area (Å²) in [5.74, 6) is -1.71. The van der Waals surface area contributed by atoms with Crippen LogP contribution in [0.1, 0.15) is 54.4 Å². The number of allylic oxidation sites excluding steroid dienone is 1. The van der Waals surface area contributed by atoms with Crippen molar-refractivity contribution in [2.75, 3.05) is 25.9 Å². The van der Waals surface area contributed by atoms with Crippen LogP contribution in [0, 0.1) is 11.3 Å². The van der Waals surface area contributed by atoms with Crippen molar-refractivity contribution in [2.24, 2.45) is 17.1 Å². The minimum atomic E-state index is -3.74. The largest absolute Gasteiger partial charge is 0.385 e. The van der Waals surface area contributed by atoms with E-state index in [1.165, 1.54) is 12.2 Å². The highest BCUT2D eigenvalue weighted by molar-refractivity contribution is 7.53. The topological polar surface area (TPSA) is 111 Å². The van der Waals surface area contributed by atoms with Crippen LogP contribution in [-0.2, 0) is 18.6 Å². The lowest BCUT2D eigenvalue weighted by Crippen LogP contribution is -2.34. The van der Waals surface area contributed by atoms with Crippen LogP contribution < -0.4 is 11.1 Å². The van der Waals surface area contributed by atoms with E-state index in [1.807, 2.05) is 0 Å². The number of rotatable bonds is 15. The number of hydrogen-bond donors (Lipinski definition) is 3. The molecule has 9 heteroatoms. The van der Waals surface area contributed by atoms with Crippen molar-refractivity contribution in [1.29, 1.82) is 0 Å². The summed E-state index contributed by atoms with van der Waals surface area (Å²) in [6.45, 7) is 13.7. The summed E-state index contributed by atoms with van der Waals surface area (Å²) < 4.78 is 35.8. The second kappa shape index (κ2) is 12.5. The van der Waals surface area contributed by atoms with E-state index in [0.29, 0.717) is 18.9 Å². The van der Waals surface area contributed by atoms with Crippen molar-refractivity contribution in [3.8, 4) is 0 Å². The second-order valence-corrected chi connectivity index (χ2v) is 10.6. The normalized spacial score (nSPS) is 15.7. The third-order valence-corrected chi connectivity index (χ3v) is 5.98. The van der Waals surface area contributed by atoms with Gasteiger partial charge in [-0.05, 0) is 38.0 Å². The second-order valence-electron chi connectivity index (χ2n) is 8.67. The van der Waals surface area contributed by atoms with Gasteiger partial charge in [-0.15, -0.1) is 0 Å². The Morgan fingerprint density at radius 3 is 2.41 bits per heavy atom. The molecule has 0 saturated heterocycles. The third-order valence-electron chi connectivity index (χ3n) is 4.72. The van der Waals surface area contributed by atoms with Crippen molar-refractivity contribution in [1.82, 2.24) is 5.32 Å². The Morgan fingerprint density at radius 2 is 1.86 bits per heavy atom. The number of ether oxygens (including phenoxy) is 1. The van der Waals surface area contributed by atoms with Crippen molar-refractivity contribution in [3.63, 3.8) is 0 Å². The van der Waals surface area contributed by atoms with E-state index in [2.05, 4.69) is 46.9 Å². The molecule has 0 aromatic rings. The SMILES string of the molecule is CC(C)C(C)(C)CC(C)(C)OCCCOP(=O)(O)C/C=C/CN/C=C(/F)C(N)=O. The van der Waals surface area contributed by atoms with Gasteiger partial charge in [0.15, 0.2) is 0 Å². The molecule has 0 aliphatic rings. The van der Waals surface area contributed by atoms with E-state index >= 15 is 0 Å². The number of carbonyl (C=O) groups is 1. The summed E-state index contributed by atoms with van der Waals surface area (Å²) >= 11 is 0. The Hall–Kier alpha value is -1.21. The first-order valence-corrected chi connectivity index (χ1v) is 11.6. The fourth-order valence-corrected chi connectivity index (χ4v) is 3.53. The van der Waals surface area contributed by atoms with Crippen molar-refractivity contribution < 1.29 is 27.9 Å². The Kier molecular flexibility index (Phi) is 12.0. The minimum absolute atomic E-state index is 0.121. The number of carbonyl (C=O) groups excluding carboxylic acids is 1. The van der Waals surface area contributed by atoms with E-state index in [4.69, 9.17) is 15.0 Å². The fourth-order valence-electron chi connectivity index (χ4n) is 2.60. The molecule has 1 amide bonds. The summed E-state index contributed by atoms with van der Waals surface area (Å²) in [6, 6.07) is 0. The van der Waals surface area contributed by atoms with Gasteiger partial charge in [-0.3, -0.25) is 9.36 Å². The van der Waals surface area contributed by atoms with E-state index in [-0.39, 0.29) is 30.3 Å². The molecule has 4 N–H and O–H groups in total. The van der Waals surface area contributed by atoms with E-state index in [1.54, 1.807) is 0 Å². The zero-order valence-corrected chi connectivity index (χ0v) is 19.4. The predicted octanol–water partition coefficient (Wildman–Crippen LogP) is 3.89. The fraction of sp³-hybridized carbons (Fsp3) is 0.750. The lowest BCUT2D eigenvalue weighted by atomic mass is 9.73. The summed E-state index contributed by atoms with van der Waals surface area (Å²) in [6.07, 6.45) is 5.08. The summed E-state index contributed by atoms with van der Waals surface area (Å²) in [5.41, 5.74) is 4.60. The molecular formula is C20H38FN2O5P. The molecule has 1 atom stereocenters. The van der Waals surface area contributed by atoms with Crippen LogP contribution in [0.25, 0.3) is 0 Å². The van der Waals surface area contributed by atoms with Gasteiger partial charge < -0.3 is 25.2 Å². The highest BCUT2D eigenvalue weighted by atomic mass is 31.2. The molecule has 0 aliphatic carbocycles. The van der Waals surface area contributed by atoms with Crippen LogP contribution >= 0.6 is 7.60 Å². The van der Waals surface area contributed by atoms with E-state index < -0.39 is 19.3 Å². The van der Waals surface area contributed by atoms with Crippen LogP contribution in [0.4, 0.5) is 4.39 Å². The molecule has 0 aromatic carbocycles. The number of hydrogen-bond acceptors (Lipinski definition) is 5. The maximum atomic E-state index is 12.8. The van der Waals surface area contributed by atoms with Gasteiger partial charge >= 0.3 is 7.60 Å². The highest BCUT2D eigenvalue weighted by Gasteiger charge is 2.31. The van der Waals surface area contributed by atoms with Crippen LogP contribution in [0.3, 0.4) is 0 Å². The molecule has 0 saturated carbocycles. The number of primary amides is 1. The molecule has 170 valence electrons. The first kappa shape index (κ1) is 27.8. The number of amides is 1. The molecule has 0 bridgehead atoms. The summed E-state index contributed by atoms with van der Waals surface area (Å²) in [7, 11) is -3.74. The van der Waals surface area contributed by atoms with Crippen molar-refractivity contribution in [2.45, 2.75) is 60.0 Å². The van der Waals surface area contributed by atoms with Crippen LogP contribution in [0.15, 0.2) is 24.2 Å². The molecule has 0 radical (unpaired) electrons. The van der Waals surface area contributed by atoms with E-state index in [9.17, 15) is 18.6 Å². The smallest absolute Gasteiger partial charge is 0.331 e. The average molecular weight is 437 g/mol. The predicted molar refractivity (Wildman–Crippen MR) is 114 cm³/mol. The molecule has 0 fully saturated rings. The number of halogens is 1. The first-order valence-electron chi connectivity index (χ1n) is 9.83. The Bertz CT molecular complexity index is 618. The van der Waals surface area contributed by atoms with Crippen molar-refractivity contribution >= 4 is 13.5 Å². The molecule has 0 rings (SSSR count). The maximum Gasteiger partial charge on any atom is 0.331 e. The van der Waals surface area contributed by atoms with E-state index in [0.717, 1.165) is 12.6 Å². The quantitative estimate of drug-likeness (QED) is 0.155. The van der Waals surface area contributed by atoms with Gasteiger partial charge in [0.05, 0.1) is 18.4 Å². The van der Waals surface area contributed by atoms with Crippen LogP contribution in [0.2, 0.25) is 0 Å². The first-order chi connectivity index (χ1) is 13.2. The monoisotopic (exact) mass is 436 g/mol. The zero-order valence-electron chi connectivity index (χ0n) is 18.5. The zero-order chi connectivity index (χ0) is 22.7. The van der Waals surface area contributed by atoms with Gasteiger partial charge in [0.2, 0.25) is 5.83 Å². The minimum Gasteiger partial charge on any atom is -0.385 e. The molecule has 0 heterocycles. The lowest BCUT2D eigenvalue weighted by molar-refractivity contribution is -0.115. The Morgan fingerprint density at radius 1 is 1.24 bits per heavy atom. The highest BCUT2D eigenvalue weighted by Crippen LogP contribution is 2.42. The number of nitrogens with one attached hydrogen (secondary N) is 1. The lowest BCUT2D eigenvalue weighted by Gasteiger charge is -2.37. The summed E-state index contributed by atoms with van der Waals surface area (Å²) in [5, 5.41) is 2.50. The molecule has 29 heavy (non-hydrogen) atoms.